The van der Waals surface area contributed by atoms with Gasteiger partial charge in [-0.2, -0.15) is 5.10 Å². The fourth-order valence-electron chi connectivity index (χ4n) is 2.27. The van der Waals surface area contributed by atoms with E-state index in [4.69, 9.17) is 5.11 Å². The van der Waals surface area contributed by atoms with E-state index in [1.54, 1.807) is 4.68 Å². The van der Waals surface area contributed by atoms with E-state index in [1.807, 2.05) is 13.8 Å². The van der Waals surface area contributed by atoms with Crippen LogP contribution in [-0.2, 0) is 0 Å². The number of H-pyrrole nitrogens is 1. The normalized spacial score (nSPS) is 11.9. The number of nitrogens with one attached hydrogen (secondary N) is 1. The van der Waals surface area contributed by atoms with Gasteiger partial charge in [0.15, 0.2) is 23.0 Å². The van der Waals surface area contributed by atoms with Crippen molar-refractivity contribution in [3.63, 3.8) is 0 Å². The van der Waals surface area contributed by atoms with Crippen LogP contribution in [0, 0.1) is 11.6 Å². The Kier molecular flexibility index (Phi) is 3.88. The third-order valence-corrected chi connectivity index (χ3v) is 3.44. The van der Waals surface area contributed by atoms with Crippen LogP contribution in [0.3, 0.4) is 0 Å². The summed E-state index contributed by atoms with van der Waals surface area (Å²) < 4.78 is 28.3. The van der Waals surface area contributed by atoms with Crippen LogP contribution in [0.4, 0.5) is 8.78 Å². The summed E-state index contributed by atoms with van der Waals surface area (Å²) in [6, 6.07) is 1.97. The number of phenolic OH excluding ortho intramolecular Hbond substituents is 1. The number of phenols is 1. The number of hydrogen-bond acceptors (Lipinski definition) is 4. The van der Waals surface area contributed by atoms with E-state index in [-0.39, 0.29) is 23.0 Å². The van der Waals surface area contributed by atoms with E-state index in [2.05, 4.69) is 15.1 Å². The maximum absolute atomic E-state index is 13.3. The lowest BCUT2D eigenvalue weighted by Crippen LogP contribution is -2.11. The Balaban J connectivity index is 2.04. The molecule has 0 amide bonds. The first-order valence-electron chi connectivity index (χ1n) is 7.20. The molecule has 0 atom stereocenters. The number of hydrogen-bond donors (Lipinski definition) is 2. The van der Waals surface area contributed by atoms with Crippen LogP contribution in [0.1, 0.15) is 31.3 Å². The van der Waals surface area contributed by atoms with Crippen molar-refractivity contribution >= 4 is 23.2 Å². The summed E-state index contributed by atoms with van der Waals surface area (Å²) in [6.07, 6.45) is 4.24. The molecule has 0 fully saturated rings. The van der Waals surface area contributed by atoms with Gasteiger partial charge in [-0.25, -0.2) is 18.4 Å². The van der Waals surface area contributed by atoms with Crippen molar-refractivity contribution in [3.05, 3.63) is 51.7 Å². The fourth-order valence-corrected chi connectivity index (χ4v) is 2.27. The second-order valence-electron chi connectivity index (χ2n) is 5.54. The molecule has 1 aromatic carbocycles. The average molecular weight is 332 g/mol. The predicted octanol–water partition coefficient (Wildman–Crippen LogP) is 2.85. The number of aromatic nitrogens is 4. The number of halogens is 2. The second kappa shape index (κ2) is 5.88. The SMILES string of the molecule is CC(C)n1ncc2c(=O)[nH]c(/C=C/c3cc(F)c(O)c(F)c3)nc21. The summed E-state index contributed by atoms with van der Waals surface area (Å²) in [6.45, 7) is 3.82. The molecule has 3 aromatic rings. The van der Waals surface area contributed by atoms with Crippen molar-refractivity contribution in [2.75, 3.05) is 0 Å². The molecule has 0 aliphatic rings. The first-order valence-corrected chi connectivity index (χ1v) is 7.20. The molecule has 0 saturated heterocycles. The van der Waals surface area contributed by atoms with Gasteiger partial charge in [0.1, 0.15) is 11.2 Å². The van der Waals surface area contributed by atoms with Crippen LogP contribution in [0.5, 0.6) is 5.75 Å². The number of nitrogens with zero attached hydrogens (tertiary/aromatic N) is 3. The zero-order chi connectivity index (χ0) is 17.4. The molecule has 0 unspecified atom stereocenters. The number of rotatable bonds is 3. The molecule has 2 aromatic heterocycles. The lowest BCUT2D eigenvalue weighted by Gasteiger charge is -2.06. The second-order valence-corrected chi connectivity index (χ2v) is 5.54. The van der Waals surface area contributed by atoms with Crippen LogP contribution >= 0.6 is 0 Å². The van der Waals surface area contributed by atoms with E-state index in [1.165, 1.54) is 18.3 Å². The molecule has 2 heterocycles. The highest BCUT2D eigenvalue weighted by molar-refractivity contribution is 5.75. The van der Waals surface area contributed by atoms with Gasteiger partial charge in [-0.1, -0.05) is 6.08 Å². The predicted molar refractivity (Wildman–Crippen MR) is 85.5 cm³/mol. The zero-order valence-electron chi connectivity index (χ0n) is 12.9. The molecule has 0 spiro atoms. The van der Waals surface area contributed by atoms with Crippen molar-refractivity contribution in [2.45, 2.75) is 19.9 Å². The molecule has 3 rings (SSSR count). The molecular weight excluding hydrogens is 318 g/mol. The number of fused-ring (bicyclic) bond motifs is 1. The lowest BCUT2D eigenvalue weighted by molar-refractivity contribution is 0.396. The summed E-state index contributed by atoms with van der Waals surface area (Å²) in [5.41, 5.74) is 0.258. The van der Waals surface area contributed by atoms with Gasteiger partial charge in [-0.3, -0.25) is 4.79 Å². The molecule has 6 nitrogen and oxygen atoms in total. The quantitative estimate of drug-likeness (QED) is 0.772. The molecule has 0 radical (unpaired) electrons. The van der Waals surface area contributed by atoms with Crippen molar-refractivity contribution in [1.82, 2.24) is 19.7 Å². The highest BCUT2D eigenvalue weighted by Gasteiger charge is 2.11. The molecule has 0 aliphatic heterocycles. The summed E-state index contributed by atoms with van der Waals surface area (Å²) in [5.74, 6) is -2.93. The summed E-state index contributed by atoms with van der Waals surface area (Å²) >= 11 is 0. The van der Waals surface area contributed by atoms with E-state index < -0.39 is 17.4 Å². The zero-order valence-corrected chi connectivity index (χ0v) is 12.9. The summed E-state index contributed by atoms with van der Waals surface area (Å²) in [7, 11) is 0. The minimum atomic E-state index is -1.07. The smallest absolute Gasteiger partial charge is 0.262 e. The molecule has 8 heteroatoms. The Labute approximate surface area is 135 Å². The van der Waals surface area contributed by atoms with E-state index in [0.717, 1.165) is 12.1 Å². The van der Waals surface area contributed by atoms with E-state index in [0.29, 0.717) is 11.0 Å². The number of aromatic hydroxyl groups is 1. The summed E-state index contributed by atoms with van der Waals surface area (Å²) in [5, 5.41) is 13.6. The maximum atomic E-state index is 13.3. The fraction of sp³-hybridized carbons (Fsp3) is 0.188. The first kappa shape index (κ1) is 15.9. The summed E-state index contributed by atoms with van der Waals surface area (Å²) in [4.78, 5) is 18.9. The van der Waals surface area contributed by atoms with Crippen LogP contribution in [0.2, 0.25) is 0 Å². The van der Waals surface area contributed by atoms with Gasteiger partial charge in [0.2, 0.25) is 0 Å². The standard InChI is InChI=1S/C16H14F2N4O2/c1-8(2)22-15-10(7-19-22)16(24)21-13(20-15)4-3-9-5-11(17)14(23)12(18)6-9/h3-8,23H,1-2H3,(H,20,21,24)/b4-3+. The molecule has 24 heavy (non-hydrogen) atoms. The highest BCUT2D eigenvalue weighted by atomic mass is 19.1. The highest BCUT2D eigenvalue weighted by Crippen LogP contribution is 2.22. The number of benzene rings is 1. The van der Waals surface area contributed by atoms with Crippen molar-refractivity contribution in [2.24, 2.45) is 0 Å². The molecule has 0 aliphatic carbocycles. The Morgan fingerprint density at radius 2 is 1.92 bits per heavy atom. The van der Waals surface area contributed by atoms with Crippen LogP contribution in [-0.4, -0.2) is 24.9 Å². The minimum Gasteiger partial charge on any atom is -0.503 e. The van der Waals surface area contributed by atoms with Crippen molar-refractivity contribution < 1.29 is 13.9 Å². The lowest BCUT2D eigenvalue weighted by atomic mass is 10.2. The van der Waals surface area contributed by atoms with Gasteiger partial charge in [0.25, 0.3) is 5.56 Å². The Morgan fingerprint density at radius 1 is 1.25 bits per heavy atom. The monoisotopic (exact) mass is 332 g/mol. The third kappa shape index (κ3) is 2.78. The van der Waals surface area contributed by atoms with E-state index >= 15 is 0 Å². The Hall–Kier alpha value is -3.03. The van der Waals surface area contributed by atoms with Crippen LogP contribution in [0.25, 0.3) is 23.2 Å². The van der Waals surface area contributed by atoms with Crippen molar-refractivity contribution in [3.8, 4) is 5.75 Å². The van der Waals surface area contributed by atoms with Crippen LogP contribution < -0.4 is 5.56 Å². The topological polar surface area (TPSA) is 83.8 Å². The van der Waals surface area contributed by atoms with Gasteiger partial charge in [-0.05, 0) is 37.6 Å². The molecule has 124 valence electrons. The molecule has 0 bridgehead atoms. The van der Waals surface area contributed by atoms with Gasteiger partial charge >= 0.3 is 0 Å². The number of aromatic amines is 1. The molecule has 0 saturated carbocycles. The molecule has 2 N–H and O–H groups in total. The minimum absolute atomic E-state index is 0.0221. The van der Waals surface area contributed by atoms with E-state index in [9.17, 15) is 13.6 Å². The Morgan fingerprint density at radius 3 is 2.54 bits per heavy atom. The average Bonchev–Trinajstić information content (AvgIpc) is 2.95. The third-order valence-electron chi connectivity index (χ3n) is 3.44. The Bertz CT molecular complexity index is 982. The van der Waals surface area contributed by atoms with Crippen LogP contribution in [0.15, 0.2) is 23.1 Å². The first-order chi connectivity index (χ1) is 11.4. The van der Waals surface area contributed by atoms with Gasteiger partial charge in [0, 0.05) is 6.04 Å². The van der Waals surface area contributed by atoms with Gasteiger partial charge in [-0.15, -0.1) is 0 Å². The van der Waals surface area contributed by atoms with Gasteiger partial charge < -0.3 is 10.1 Å². The molecular formula is C16H14F2N4O2. The maximum Gasteiger partial charge on any atom is 0.262 e. The van der Waals surface area contributed by atoms with Crippen molar-refractivity contribution in [1.29, 1.82) is 0 Å². The largest absolute Gasteiger partial charge is 0.503 e. The van der Waals surface area contributed by atoms with Gasteiger partial charge in [0.05, 0.1) is 6.20 Å².